The molecular weight excluding hydrogens is 335 g/mol. The Morgan fingerprint density at radius 3 is 2.76 bits per heavy atom. The first-order valence-corrected chi connectivity index (χ1v) is 8.15. The third-order valence-electron chi connectivity index (χ3n) is 4.61. The fourth-order valence-electron chi connectivity index (χ4n) is 2.68. The largest absolute Gasteiger partial charge is 0.463 e. The molecule has 1 saturated heterocycles. The van der Waals surface area contributed by atoms with Crippen LogP contribution in [-0.4, -0.2) is 44.6 Å². The third-order valence-corrected chi connectivity index (χ3v) is 4.61. The summed E-state index contributed by atoms with van der Waals surface area (Å²) in [7, 11) is 0. The van der Waals surface area contributed by atoms with Crippen LogP contribution in [0.1, 0.15) is 46.3 Å². The molecule has 2 N–H and O–H groups in total. The van der Waals surface area contributed by atoms with Gasteiger partial charge in [0.05, 0.1) is 0 Å². The monoisotopic (exact) mass is 358 g/mol. The summed E-state index contributed by atoms with van der Waals surface area (Å²) in [5.74, 6) is -0.466. The van der Waals surface area contributed by atoms with Crippen LogP contribution in [0, 0.1) is 0 Å². The van der Waals surface area contributed by atoms with Crippen LogP contribution < -0.4 is 11.2 Å². The maximum Gasteiger partial charge on any atom is 0.330 e. The lowest BCUT2D eigenvalue weighted by molar-refractivity contribution is -0.153. The van der Waals surface area contributed by atoms with Crippen LogP contribution in [0.2, 0.25) is 0 Å². The van der Waals surface area contributed by atoms with E-state index in [0.717, 1.165) is 30.2 Å². The van der Waals surface area contributed by atoms with Gasteiger partial charge in [-0.25, -0.2) is 9.18 Å². The number of alkyl halides is 1. The van der Waals surface area contributed by atoms with Crippen LogP contribution in [0.4, 0.5) is 4.39 Å². The van der Waals surface area contributed by atoms with E-state index in [1.807, 2.05) is 11.9 Å². The smallest absolute Gasteiger partial charge is 0.330 e. The van der Waals surface area contributed by atoms with Gasteiger partial charge in [-0.3, -0.25) is 19.1 Å². The predicted octanol–water partition coefficient (Wildman–Crippen LogP) is 0.647. The van der Waals surface area contributed by atoms with Crippen molar-refractivity contribution in [2.75, 3.05) is 6.61 Å². The number of carbonyl (C=O) groups excluding carboxylic acids is 1. The zero-order valence-electron chi connectivity index (χ0n) is 14.5. The number of aliphatic hydroxyl groups is 1. The van der Waals surface area contributed by atoms with Crippen LogP contribution in [0.5, 0.6) is 0 Å². The van der Waals surface area contributed by atoms with Gasteiger partial charge in [0.1, 0.15) is 18.3 Å². The van der Waals surface area contributed by atoms with Crippen molar-refractivity contribution in [1.29, 1.82) is 0 Å². The summed E-state index contributed by atoms with van der Waals surface area (Å²) in [5, 5.41) is 10.6. The summed E-state index contributed by atoms with van der Waals surface area (Å²) in [4.78, 5) is 36.7. The first-order chi connectivity index (χ1) is 11.6. The molecule has 0 amide bonds. The first-order valence-electron chi connectivity index (χ1n) is 8.15. The molecule has 1 aliphatic rings. The van der Waals surface area contributed by atoms with Crippen molar-refractivity contribution >= 4 is 5.97 Å². The van der Waals surface area contributed by atoms with Gasteiger partial charge in [-0.15, -0.1) is 0 Å². The lowest BCUT2D eigenvalue weighted by Gasteiger charge is -2.32. The molecular formula is C16H23FN2O6. The molecule has 2 rings (SSSR count). The molecule has 0 saturated carbocycles. The van der Waals surface area contributed by atoms with Crippen molar-refractivity contribution in [1.82, 2.24) is 9.55 Å². The molecule has 0 spiro atoms. The molecule has 2 heterocycles. The molecule has 25 heavy (non-hydrogen) atoms. The highest BCUT2D eigenvalue weighted by Gasteiger charge is 2.63. The van der Waals surface area contributed by atoms with E-state index in [0.29, 0.717) is 6.42 Å². The van der Waals surface area contributed by atoms with Crippen LogP contribution >= 0.6 is 0 Å². The highest BCUT2D eigenvalue weighted by Crippen LogP contribution is 2.47. The summed E-state index contributed by atoms with van der Waals surface area (Å²) in [6.45, 7) is 3.89. The van der Waals surface area contributed by atoms with Gasteiger partial charge in [-0.2, -0.15) is 0 Å². The molecule has 2 unspecified atom stereocenters. The fraction of sp³-hybridized carbons (Fsp3) is 0.688. The van der Waals surface area contributed by atoms with E-state index in [-0.39, 0.29) is 13.0 Å². The van der Waals surface area contributed by atoms with Crippen molar-refractivity contribution in [3.05, 3.63) is 33.1 Å². The molecule has 0 radical (unpaired) electrons. The molecule has 9 heteroatoms. The summed E-state index contributed by atoms with van der Waals surface area (Å²) in [6, 6.07) is 1.05. The third kappa shape index (κ3) is 3.67. The Hall–Kier alpha value is -2.00. The van der Waals surface area contributed by atoms with Gasteiger partial charge in [0, 0.05) is 18.7 Å². The zero-order valence-corrected chi connectivity index (χ0v) is 14.5. The number of aromatic nitrogens is 2. The Bertz CT molecular complexity index is 739. The Morgan fingerprint density at radius 2 is 2.16 bits per heavy atom. The molecule has 1 aromatic rings. The lowest BCUT2D eigenvalue weighted by Crippen LogP contribution is -2.53. The zero-order chi connectivity index (χ0) is 18.8. The number of carbonyl (C=O) groups is 1. The number of esters is 1. The Morgan fingerprint density at radius 1 is 1.48 bits per heavy atom. The van der Waals surface area contributed by atoms with Crippen molar-refractivity contribution in [3.63, 3.8) is 0 Å². The van der Waals surface area contributed by atoms with E-state index in [9.17, 15) is 19.5 Å². The highest BCUT2D eigenvalue weighted by atomic mass is 19.1. The molecule has 0 aromatic carbocycles. The van der Waals surface area contributed by atoms with Crippen molar-refractivity contribution in [2.45, 2.75) is 63.6 Å². The SMILES string of the molecule is CCCCC(=O)OC[C@H]1OC(n2ccc(=O)[nH]c2=O)[C@](C)(F)C1(C)O. The van der Waals surface area contributed by atoms with E-state index in [1.165, 1.54) is 6.92 Å². The lowest BCUT2D eigenvalue weighted by atomic mass is 9.84. The molecule has 0 bridgehead atoms. The summed E-state index contributed by atoms with van der Waals surface area (Å²) < 4.78 is 26.6. The quantitative estimate of drug-likeness (QED) is 0.722. The van der Waals surface area contributed by atoms with Crippen LogP contribution in [0.3, 0.4) is 0 Å². The second-order valence-corrected chi connectivity index (χ2v) is 6.50. The van der Waals surface area contributed by atoms with E-state index >= 15 is 4.39 Å². The second kappa shape index (κ2) is 7.09. The van der Waals surface area contributed by atoms with Gasteiger partial charge in [0.25, 0.3) is 5.56 Å². The van der Waals surface area contributed by atoms with Gasteiger partial charge in [-0.1, -0.05) is 13.3 Å². The average molecular weight is 358 g/mol. The number of halogens is 1. The van der Waals surface area contributed by atoms with E-state index < -0.39 is 40.8 Å². The summed E-state index contributed by atoms with van der Waals surface area (Å²) >= 11 is 0. The molecule has 4 atom stereocenters. The predicted molar refractivity (Wildman–Crippen MR) is 85.9 cm³/mol. The first kappa shape index (κ1) is 19.3. The van der Waals surface area contributed by atoms with Crippen LogP contribution in [-0.2, 0) is 14.3 Å². The van der Waals surface area contributed by atoms with Gasteiger partial charge in [0.15, 0.2) is 11.9 Å². The standard InChI is InChI=1S/C16H23FN2O6/c1-4-5-6-12(21)24-9-10-16(3,23)15(2,17)13(25-10)19-8-7-11(20)18-14(19)22/h7-8,10,13,23H,4-6,9H2,1-3H3,(H,18,20,22)/t10-,13?,15+,16?/m1/s1. The number of nitrogens with zero attached hydrogens (tertiary/aromatic N) is 1. The average Bonchev–Trinajstić information content (AvgIpc) is 2.70. The molecule has 1 aromatic heterocycles. The number of aromatic amines is 1. The minimum Gasteiger partial charge on any atom is -0.463 e. The Labute approximate surface area is 143 Å². The maximum absolute atomic E-state index is 15.2. The number of unbranched alkanes of at least 4 members (excludes halogenated alkanes) is 1. The van der Waals surface area contributed by atoms with Crippen molar-refractivity contribution in [3.8, 4) is 0 Å². The summed E-state index contributed by atoms with van der Waals surface area (Å²) in [6.07, 6.45) is 0.156. The van der Waals surface area contributed by atoms with E-state index in [4.69, 9.17) is 9.47 Å². The van der Waals surface area contributed by atoms with Crippen LogP contribution in [0.15, 0.2) is 21.9 Å². The minimum atomic E-state index is -2.37. The molecule has 1 fully saturated rings. The maximum atomic E-state index is 15.2. The van der Waals surface area contributed by atoms with Gasteiger partial charge in [0.2, 0.25) is 0 Å². The number of hydrogen-bond donors (Lipinski definition) is 2. The van der Waals surface area contributed by atoms with Crippen LogP contribution in [0.25, 0.3) is 0 Å². The van der Waals surface area contributed by atoms with Gasteiger partial charge >= 0.3 is 11.7 Å². The molecule has 0 aliphatic carbocycles. The second-order valence-electron chi connectivity index (χ2n) is 6.50. The number of hydrogen-bond acceptors (Lipinski definition) is 6. The normalized spacial score (nSPS) is 31.9. The van der Waals surface area contributed by atoms with E-state index in [2.05, 4.69) is 0 Å². The van der Waals surface area contributed by atoms with Gasteiger partial charge < -0.3 is 14.6 Å². The number of nitrogens with one attached hydrogen (secondary N) is 1. The Balaban J connectivity index is 2.20. The highest BCUT2D eigenvalue weighted by molar-refractivity contribution is 5.69. The van der Waals surface area contributed by atoms with Gasteiger partial charge in [-0.05, 0) is 20.3 Å². The van der Waals surface area contributed by atoms with Crippen molar-refractivity contribution < 1.29 is 23.8 Å². The van der Waals surface area contributed by atoms with E-state index in [1.54, 1.807) is 0 Å². The molecule has 1 aliphatic heterocycles. The minimum absolute atomic E-state index is 0.223. The Kier molecular flexibility index (Phi) is 5.48. The number of H-pyrrole nitrogens is 1. The molecule has 8 nitrogen and oxygen atoms in total. The topological polar surface area (TPSA) is 111 Å². The van der Waals surface area contributed by atoms with Crippen molar-refractivity contribution in [2.24, 2.45) is 0 Å². The summed E-state index contributed by atoms with van der Waals surface area (Å²) in [5.41, 5.74) is -5.88. The number of ether oxygens (including phenoxy) is 2. The number of rotatable bonds is 6. The molecule has 140 valence electrons. The fourth-order valence-corrected chi connectivity index (χ4v) is 2.68.